The lowest BCUT2D eigenvalue weighted by atomic mass is 10.2. The number of nitrogens with zero attached hydrogens (tertiary/aromatic N) is 3. The predicted octanol–water partition coefficient (Wildman–Crippen LogP) is 2.90. The van der Waals surface area contributed by atoms with Gasteiger partial charge in [-0.1, -0.05) is 19.0 Å². The summed E-state index contributed by atoms with van der Waals surface area (Å²) in [6.45, 7) is 6.89. The van der Waals surface area contributed by atoms with Gasteiger partial charge in [0.05, 0.1) is 14.7 Å². The minimum atomic E-state index is -0.221. The second kappa shape index (κ2) is 6.60. The van der Waals surface area contributed by atoms with E-state index in [1.165, 1.54) is 0 Å². The van der Waals surface area contributed by atoms with Crippen LogP contribution in [0.4, 0.5) is 0 Å². The Kier molecular flexibility index (Phi) is 5.09. The second-order valence-corrected chi connectivity index (χ2v) is 6.62. The first-order chi connectivity index (χ1) is 9.13. The van der Waals surface area contributed by atoms with Gasteiger partial charge in [0.25, 0.3) is 5.89 Å². The maximum atomic E-state index is 6.11. The van der Waals surface area contributed by atoms with Gasteiger partial charge in [0.1, 0.15) is 0 Å². The molecular weight excluding hydrogens is 328 g/mol. The molecule has 19 heavy (non-hydrogen) atoms. The smallest absolute Gasteiger partial charge is 0.268 e. The summed E-state index contributed by atoms with van der Waals surface area (Å²) >= 11 is 4.97. The maximum absolute atomic E-state index is 6.11. The molecule has 2 heterocycles. The first-order valence-corrected chi connectivity index (χ1v) is 7.82. The third-order valence-corrected chi connectivity index (χ3v) is 4.52. The molecule has 0 amide bonds. The highest BCUT2D eigenvalue weighted by molar-refractivity contribution is 9.11. The van der Waals surface area contributed by atoms with Crippen molar-refractivity contribution in [2.24, 2.45) is 5.73 Å². The molecule has 2 rings (SSSR count). The molecule has 7 heteroatoms. The van der Waals surface area contributed by atoms with Gasteiger partial charge in [-0.15, -0.1) is 11.3 Å². The molecule has 104 valence electrons. The fourth-order valence-corrected chi connectivity index (χ4v) is 3.06. The van der Waals surface area contributed by atoms with Crippen LogP contribution in [0.1, 0.15) is 25.7 Å². The van der Waals surface area contributed by atoms with Crippen molar-refractivity contribution in [3.05, 3.63) is 21.7 Å². The third kappa shape index (κ3) is 3.62. The summed E-state index contributed by atoms with van der Waals surface area (Å²) in [6, 6.07) is 3.68. The zero-order valence-corrected chi connectivity index (χ0v) is 13.4. The summed E-state index contributed by atoms with van der Waals surface area (Å²) < 4.78 is 6.30. The Hall–Kier alpha value is -0.760. The number of thiophene rings is 1. The number of halogens is 1. The van der Waals surface area contributed by atoms with Gasteiger partial charge in [-0.3, -0.25) is 0 Å². The highest BCUT2D eigenvalue weighted by Gasteiger charge is 2.18. The van der Waals surface area contributed by atoms with Crippen LogP contribution in [0, 0.1) is 0 Å². The van der Waals surface area contributed by atoms with E-state index in [-0.39, 0.29) is 6.04 Å². The summed E-state index contributed by atoms with van der Waals surface area (Å²) in [7, 11) is 0. The minimum absolute atomic E-state index is 0.221. The topological polar surface area (TPSA) is 68.2 Å². The molecule has 0 saturated carbocycles. The normalized spacial score (nSPS) is 13.1. The standard InChI is InChI=1S/C12H17BrN4OS/c1-3-17(4-2)7-8(14)11-15-12(18-16-11)9-5-6-10(13)19-9/h5-6,8H,3-4,7,14H2,1-2H3. The lowest BCUT2D eigenvalue weighted by Gasteiger charge is -2.20. The second-order valence-electron chi connectivity index (χ2n) is 4.15. The van der Waals surface area contributed by atoms with E-state index in [1.54, 1.807) is 11.3 Å². The fourth-order valence-electron chi connectivity index (χ4n) is 1.76. The summed E-state index contributed by atoms with van der Waals surface area (Å²) in [5, 5.41) is 3.98. The number of hydrogen-bond acceptors (Lipinski definition) is 6. The summed E-state index contributed by atoms with van der Waals surface area (Å²) in [4.78, 5) is 7.56. The Balaban J connectivity index is 2.08. The van der Waals surface area contributed by atoms with E-state index in [1.807, 2.05) is 12.1 Å². The van der Waals surface area contributed by atoms with Crippen LogP contribution >= 0.6 is 27.3 Å². The van der Waals surface area contributed by atoms with Crippen molar-refractivity contribution in [3.63, 3.8) is 0 Å². The molecule has 0 fully saturated rings. The summed E-state index contributed by atoms with van der Waals surface area (Å²) in [5.74, 6) is 1.09. The van der Waals surface area contributed by atoms with E-state index in [4.69, 9.17) is 10.3 Å². The van der Waals surface area contributed by atoms with Crippen molar-refractivity contribution in [1.82, 2.24) is 15.0 Å². The highest BCUT2D eigenvalue weighted by Crippen LogP contribution is 2.30. The summed E-state index contributed by atoms with van der Waals surface area (Å²) in [5.41, 5.74) is 6.11. The molecule has 0 aliphatic rings. The van der Waals surface area contributed by atoms with Crippen LogP contribution in [0.3, 0.4) is 0 Å². The van der Waals surface area contributed by atoms with Gasteiger partial charge in [-0.25, -0.2) is 0 Å². The molecule has 5 nitrogen and oxygen atoms in total. The maximum Gasteiger partial charge on any atom is 0.268 e. The molecule has 0 bridgehead atoms. The monoisotopic (exact) mass is 344 g/mol. The molecular formula is C12H17BrN4OS. The fraction of sp³-hybridized carbons (Fsp3) is 0.500. The average molecular weight is 345 g/mol. The molecule has 0 aliphatic carbocycles. The highest BCUT2D eigenvalue weighted by atomic mass is 79.9. The Morgan fingerprint density at radius 2 is 2.16 bits per heavy atom. The number of likely N-dealkylation sites (N-methyl/N-ethyl adjacent to an activating group) is 1. The third-order valence-electron chi connectivity index (χ3n) is 2.91. The van der Waals surface area contributed by atoms with E-state index >= 15 is 0 Å². The Morgan fingerprint density at radius 1 is 1.42 bits per heavy atom. The SMILES string of the molecule is CCN(CC)CC(N)c1noc(-c2ccc(Br)s2)n1. The zero-order chi connectivity index (χ0) is 13.8. The molecule has 2 N–H and O–H groups in total. The van der Waals surface area contributed by atoms with Crippen LogP contribution < -0.4 is 5.73 Å². The van der Waals surface area contributed by atoms with Gasteiger partial charge in [0.2, 0.25) is 0 Å². The molecule has 1 atom stereocenters. The molecule has 0 aliphatic heterocycles. The molecule has 2 aromatic rings. The molecule has 0 saturated heterocycles. The first kappa shape index (κ1) is 14.6. The minimum Gasteiger partial charge on any atom is -0.333 e. The lowest BCUT2D eigenvalue weighted by molar-refractivity contribution is 0.278. The number of aromatic nitrogens is 2. The van der Waals surface area contributed by atoms with Crippen LogP contribution in [0.25, 0.3) is 10.8 Å². The zero-order valence-electron chi connectivity index (χ0n) is 11.0. The number of hydrogen-bond donors (Lipinski definition) is 1. The van der Waals surface area contributed by atoms with Gasteiger partial charge in [-0.2, -0.15) is 4.98 Å². The van der Waals surface area contributed by atoms with Crippen molar-refractivity contribution < 1.29 is 4.52 Å². The van der Waals surface area contributed by atoms with Crippen molar-refractivity contribution >= 4 is 27.3 Å². The predicted molar refractivity (Wildman–Crippen MR) is 80.0 cm³/mol. The van der Waals surface area contributed by atoms with Gasteiger partial charge >= 0.3 is 0 Å². The number of rotatable bonds is 6. The van der Waals surface area contributed by atoms with Crippen molar-refractivity contribution in [1.29, 1.82) is 0 Å². The van der Waals surface area contributed by atoms with Crippen LogP contribution in [-0.2, 0) is 0 Å². The Morgan fingerprint density at radius 3 is 2.74 bits per heavy atom. The van der Waals surface area contributed by atoms with E-state index in [9.17, 15) is 0 Å². The Labute approximate surface area is 124 Å². The molecule has 2 aromatic heterocycles. The van der Waals surface area contributed by atoms with Gasteiger partial charge in [0, 0.05) is 6.54 Å². The molecule has 0 spiro atoms. The average Bonchev–Trinajstić information content (AvgIpc) is 3.04. The van der Waals surface area contributed by atoms with Crippen molar-refractivity contribution in [2.45, 2.75) is 19.9 Å². The van der Waals surface area contributed by atoms with Crippen LogP contribution in [0.15, 0.2) is 20.4 Å². The van der Waals surface area contributed by atoms with E-state index < -0.39 is 0 Å². The van der Waals surface area contributed by atoms with Crippen molar-refractivity contribution in [3.8, 4) is 10.8 Å². The van der Waals surface area contributed by atoms with Crippen LogP contribution in [0.2, 0.25) is 0 Å². The summed E-state index contributed by atoms with van der Waals surface area (Å²) in [6.07, 6.45) is 0. The van der Waals surface area contributed by atoms with E-state index in [0.717, 1.165) is 28.3 Å². The quantitative estimate of drug-likeness (QED) is 0.872. The largest absolute Gasteiger partial charge is 0.333 e. The molecule has 0 radical (unpaired) electrons. The lowest BCUT2D eigenvalue weighted by Crippen LogP contribution is -2.32. The first-order valence-electron chi connectivity index (χ1n) is 6.21. The van der Waals surface area contributed by atoms with Crippen LogP contribution in [-0.4, -0.2) is 34.7 Å². The van der Waals surface area contributed by atoms with Crippen molar-refractivity contribution in [2.75, 3.05) is 19.6 Å². The van der Waals surface area contributed by atoms with E-state index in [0.29, 0.717) is 11.7 Å². The van der Waals surface area contributed by atoms with Crippen LogP contribution in [0.5, 0.6) is 0 Å². The number of nitrogens with two attached hydrogens (primary N) is 1. The van der Waals surface area contributed by atoms with Gasteiger partial charge in [-0.05, 0) is 41.2 Å². The van der Waals surface area contributed by atoms with Gasteiger partial charge < -0.3 is 15.2 Å². The van der Waals surface area contributed by atoms with Gasteiger partial charge in [0.15, 0.2) is 5.82 Å². The van der Waals surface area contributed by atoms with E-state index in [2.05, 4.69) is 44.8 Å². The Bertz CT molecular complexity index is 523. The molecule has 1 unspecified atom stereocenters. The molecule has 0 aromatic carbocycles.